The number of hydrogen-bond acceptors (Lipinski definition) is 7. The van der Waals surface area contributed by atoms with E-state index < -0.39 is 4.92 Å². The minimum absolute atomic E-state index is 0.00808. The minimum atomic E-state index is -0.429. The van der Waals surface area contributed by atoms with E-state index in [1.54, 1.807) is 18.5 Å². The molecule has 0 unspecified atom stereocenters. The van der Waals surface area contributed by atoms with E-state index in [0.29, 0.717) is 54.7 Å². The molecule has 1 fully saturated rings. The molecular formula is C15H14N6O3. The van der Waals surface area contributed by atoms with Crippen LogP contribution >= 0.6 is 0 Å². The quantitative estimate of drug-likeness (QED) is 0.577. The number of nitrogens with one attached hydrogen (secondary N) is 1. The zero-order chi connectivity index (χ0) is 16.5. The maximum atomic E-state index is 11.0. The van der Waals surface area contributed by atoms with E-state index in [1.807, 2.05) is 0 Å². The number of anilines is 1. The number of hydrogen-bond donors (Lipinski definition) is 1. The summed E-state index contributed by atoms with van der Waals surface area (Å²) in [6, 6.07) is 6.30. The topological polar surface area (TPSA) is 110 Å². The van der Waals surface area contributed by atoms with Crippen LogP contribution in [-0.2, 0) is 4.74 Å². The number of nitro benzene ring substituents is 1. The summed E-state index contributed by atoms with van der Waals surface area (Å²) in [5, 5.41) is 11.0. The predicted molar refractivity (Wildman–Crippen MR) is 86.8 cm³/mol. The fourth-order valence-electron chi connectivity index (χ4n) is 2.70. The van der Waals surface area contributed by atoms with Gasteiger partial charge in [-0.3, -0.25) is 10.1 Å². The summed E-state index contributed by atoms with van der Waals surface area (Å²) in [7, 11) is 0. The van der Waals surface area contributed by atoms with Crippen molar-refractivity contribution >= 4 is 22.7 Å². The predicted octanol–water partition coefficient (Wildman–Crippen LogP) is 1.76. The number of benzene rings is 1. The first-order chi connectivity index (χ1) is 11.7. The van der Waals surface area contributed by atoms with E-state index in [0.717, 1.165) is 0 Å². The SMILES string of the molecule is O=[N+]([O-])c1cccc(-c2nc(N3CCOCC3)c3nc[nH]c3n2)c1. The van der Waals surface area contributed by atoms with Crippen LogP contribution in [0.15, 0.2) is 30.6 Å². The molecule has 122 valence electrons. The third-order valence-electron chi connectivity index (χ3n) is 3.89. The van der Waals surface area contributed by atoms with Crippen molar-refractivity contribution in [1.82, 2.24) is 19.9 Å². The number of ether oxygens (including phenoxy) is 1. The van der Waals surface area contributed by atoms with Crippen LogP contribution in [0.1, 0.15) is 0 Å². The van der Waals surface area contributed by atoms with Crippen LogP contribution in [0.25, 0.3) is 22.6 Å². The van der Waals surface area contributed by atoms with Gasteiger partial charge in [-0.1, -0.05) is 12.1 Å². The smallest absolute Gasteiger partial charge is 0.270 e. The van der Waals surface area contributed by atoms with Gasteiger partial charge >= 0.3 is 0 Å². The summed E-state index contributed by atoms with van der Waals surface area (Å²) >= 11 is 0. The lowest BCUT2D eigenvalue weighted by Gasteiger charge is -2.28. The van der Waals surface area contributed by atoms with Crippen molar-refractivity contribution in [2.75, 3.05) is 31.2 Å². The average Bonchev–Trinajstić information content (AvgIpc) is 3.10. The van der Waals surface area contributed by atoms with Crippen molar-refractivity contribution in [2.45, 2.75) is 0 Å². The minimum Gasteiger partial charge on any atom is -0.378 e. The summed E-state index contributed by atoms with van der Waals surface area (Å²) in [5.74, 6) is 1.14. The average molecular weight is 326 g/mol. The molecule has 0 aliphatic carbocycles. The van der Waals surface area contributed by atoms with Crippen molar-refractivity contribution in [3.8, 4) is 11.4 Å². The van der Waals surface area contributed by atoms with Gasteiger partial charge in [0.05, 0.1) is 24.5 Å². The Labute approximate surface area is 136 Å². The van der Waals surface area contributed by atoms with Crippen molar-refractivity contribution < 1.29 is 9.66 Å². The maximum absolute atomic E-state index is 11.0. The molecule has 0 atom stereocenters. The molecule has 3 aromatic rings. The van der Waals surface area contributed by atoms with Gasteiger partial charge in [-0.25, -0.2) is 15.0 Å². The molecule has 1 saturated heterocycles. The summed E-state index contributed by atoms with van der Waals surface area (Å²) in [6.45, 7) is 2.69. The first kappa shape index (κ1) is 14.5. The van der Waals surface area contributed by atoms with Gasteiger partial charge in [0, 0.05) is 30.8 Å². The fraction of sp³-hybridized carbons (Fsp3) is 0.267. The highest BCUT2D eigenvalue weighted by Crippen LogP contribution is 2.27. The van der Waals surface area contributed by atoms with Crippen LogP contribution in [0, 0.1) is 10.1 Å². The van der Waals surface area contributed by atoms with Crippen LogP contribution in [-0.4, -0.2) is 51.2 Å². The fourth-order valence-corrected chi connectivity index (χ4v) is 2.70. The lowest BCUT2D eigenvalue weighted by Crippen LogP contribution is -2.37. The van der Waals surface area contributed by atoms with Gasteiger partial charge in [0.2, 0.25) is 0 Å². The number of rotatable bonds is 3. The molecule has 0 amide bonds. The number of H-pyrrole nitrogens is 1. The highest BCUT2D eigenvalue weighted by atomic mass is 16.6. The molecule has 9 nitrogen and oxygen atoms in total. The second-order valence-electron chi connectivity index (χ2n) is 5.38. The zero-order valence-corrected chi connectivity index (χ0v) is 12.7. The molecule has 1 N–H and O–H groups in total. The standard InChI is InChI=1S/C15H14N6O3/c22-21(23)11-3-1-2-10(8-11)13-18-14-12(16-9-17-14)15(19-13)20-4-6-24-7-5-20/h1-3,8-9H,4-7H2,(H,16,17,18,19). The Kier molecular flexibility index (Phi) is 3.54. The Balaban J connectivity index is 1.84. The molecule has 1 aliphatic heterocycles. The molecule has 0 spiro atoms. The van der Waals surface area contributed by atoms with Crippen molar-refractivity contribution in [2.24, 2.45) is 0 Å². The first-order valence-electron chi connectivity index (χ1n) is 7.51. The third kappa shape index (κ3) is 2.54. The van der Waals surface area contributed by atoms with Crippen LogP contribution in [0.2, 0.25) is 0 Å². The Morgan fingerprint density at radius 1 is 1.25 bits per heavy atom. The molecule has 9 heteroatoms. The second-order valence-corrected chi connectivity index (χ2v) is 5.38. The van der Waals surface area contributed by atoms with Crippen LogP contribution < -0.4 is 4.90 Å². The van der Waals surface area contributed by atoms with Crippen molar-refractivity contribution in [3.05, 3.63) is 40.7 Å². The Morgan fingerprint density at radius 2 is 2.08 bits per heavy atom. The van der Waals surface area contributed by atoms with Gasteiger partial charge in [-0.2, -0.15) is 0 Å². The van der Waals surface area contributed by atoms with Crippen LogP contribution in [0.4, 0.5) is 11.5 Å². The monoisotopic (exact) mass is 326 g/mol. The van der Waals surface area contributed by atoms with Gasteiger partial charge in [-0.15, -0.1) is 0 Å². The van der Waals surface area contributed by atoms with Gasteiger partial charge < -0.3 is 14.6 Å². The Bertz CT molecular complexity index is 903. The summed E-state index contributed by atoms with van der Waals surface area (Å²) in [6.07, 6.45) is 1.57. The Morgan fingerprint density at radius 3 is 2.88 bits per heavy atom. The van der Waals surface area contributed by atoms with Crippen molar-refractivity contribution in [3.63, 3.8) is 0 Å². The summed E-state index contributed by atoms with van der Waals surface area (Å²) in [4.78, 5) is 29.0. The van der Waals surface area contributed by atoms with Crippen LogP contribution in [0.5, 0.6) is 0 Å². The Hall–Kier alpha value is -3.07. The van der Waals surface area contributed by atoms with Crippen LogP contribution in [0.3, 0.4) is 0 Å². The van der Waals surface area contributed by atoms with E-state index in [9.17, 15) is 10.1 Å². The number of morpholine rings is 1. The highest BCUT2D eigenvalue weighted by Gasteiger charge is 2.20. The molecule has 0 saturated carbocycles. The maximum Gasteiger partial charge on any atom is 0.270 e. The number of nitrogens with zero attached hydrogens (tertiary/aromatic N) is 5. The zero-order valence-electron chi connectivity index (χ0n) is 12.7. The normalized spacial score (nSPS) is 14.9. The van der Waals surface area contributed by atoms with Gasteiger partial charge in [0.1, 0.15) is 5.52 Å². The van der Waals surface area contributed by atoms with E-state index in [1.165, 1.54) is 12.1 Å². The molecule has 4 rings (SSSR count). The number of fused-ring (bicyclic) bond motifs is 1. The van der Waals surface area contributed by atoms with Crippen molar-refractivity contribution in [1.29, 1.82) is 0 Å². The molecule has 24 heavy (non-hydrogen) atoms. The highest BCUT2D eigenvalue weighted by molar-refractivity contribution is 5.85. The molecule has 3 heterocycles. The lowest BCUT2D eigenvalue weighted by atomic mass is 10.2. The molecule has 2 aromatic heterocycles. The number of aromatic nitrogens is 4. The van der Waals surface area contributed by atoms with Gasteiger partial charge in [0.25, 0.3) is 5.69 Å². The number of aromatic amines is 1. The second kappa shape index (κ2) is 5.85. The first-order valence-corrected chi connectivity index (χ1v) is 7.51. The number of non-ortho nitro benzene ring substituents is 1. The van der Waals surface area contributed by atoms with Gasteiger partial charge in [0.15, 0.2) is 17.3 Å². The van der Waals surface area contributed by atoms with Gasteiger partial charge in [-0.05, 0) is 0 Å². The van der Waals surface area contributed by atoms with E-state index in [4.69, 9.17) is 4.74 Å². The summed E-state index contributed by atoms with van der Waals surface area (Å²) in [5.41, 5.74) is 1.89. The summed E-state index contributed by atoms with van der Waals surface area (Å²) < 4.78 is 5.38. The largest absolute Gasteiger partial charge is 0.378 e. The molecule has 0 bridgehead atoms. The van der Waals surface area contributed by atoms with E-state index >= 15 is 0 Å². The third-order valence-corrected chi connectivity index (χ3v) is 3.89. The number of imidazole rings is 1. The van der Waals surface area contributed by atoms with E-state index in [-0.39, 0.29) is 5.69 Å². The number of nitro groups is 1. The lowest BCUT2D eigenvalue weighted by molar-refractivity contribution is -0.384. The molecule has 1 aliphatic rings. The molecule has 1 aromatic carbocycles. The molecular weight excluding hydrogens is 312 g/mol. The molecule has 0 radical (unpaired) electrons. The van der Waals surface area contributed by atoms with E-state index in [2.05, 4.69) is 24.8 Å².